The second-order valence-corrected chi connectivity index (χ2v) is 4.72. The van der Waals surface area contributed by atoms with E-state index < -0.39 is 0 Å². The first-order valence-electron chi connectivity index (χ1n) is 6.32. The maximum atomic E-state index is 5.88. The minimum Gasteiger partial charge on any atom is -0.438 e. The average molecular weight is 285 g/mol. The Morgan fingerprint density at radius 3 is 2.80 bits per heavy atom. The molecule has 2 heterocycles. The van der Waals surface area contributed by atoms with Crippen LogP contribution in [0.5, 0.6) is 11.6 Å². The molecule has 4 heteroatoms. The van der Waals surface area contributed by atoms with E-state index in [9.17, 15) is 0 Å². The van der Waals surface area contributed by atoms with Gasteiger partial charge in [0, 0.05) is 29.2 Å². The summed E-state index contributed by atoms with van der Waals surface area (Å²) in [5.74, 6) is 1.77. The third kappa shape index (κ3) is 2.45. The summed E-state index contributed by atoms with van der Waals surface area (Å²) in [6, 6.07) is 13.4. The molecule has 0 radical (unpaired) electrons. The Morgan fingerprint density at radius 1 is 1.10 bits per heavy atom. The smallest absolute Gasteiger partial charge is 0.219 e. The maximum Gasteiger partial charge on any atom is 0.219 e. The minimum atomic E-state index is 0.456. The quantitative estimate of drug-likeness (QED) is 0.666. The van der Waals surface area contributed by atoms with Gasteiger partial charge in [-0.25, -0.2) is 4.98 Å². The van der Waals surface area contributed by atoms with Crippen molar-refractivity contribution in [2.75, 3.05) is 0 Å². The molecular weight excluding hydrogens is 272 g/mol. The molecule has 0 aliphatic carbocycles. The first-order chi connectivity index (χ1) is 9.78. The molecule has 0 amide bonds. The van der Waals surface area contributed by atoms with Gasteiger partial charge in [-0.05, 0) is 36.8 Å². The molecule has 100 valence electrons. The summed E-state index contributed by atoms with van der Waals surface area (Å²) in [5, 5.41) is 0.968. The van der Waals surface area contributed by atoms with Crippen molar-refractivity contribution in [1.29, 1.82) is 0 Å². The maximum absolute atomic E-state index is 5.88. The van der Waals surface area contributed by atoms with Gasteiger partial charge in [0.1, 0.15) is 5.75 Å². The fourth-order valence-corrected chi connectivity index (χ4v) is 2.32. The Hall–Kier alpha value is -2.13. The van der Waals surface area contributed by atoms with E-state index in [1.807, 2.05) is 49.4 Å². The van der Waals surface area contributed by atoms with Crippen LogP contribution in [-0.4, -0.2) is 9.97 Å². The number of benzene rings is 1. The van der Waals surface area contributed by atoms with Crippen LogP contribution in [0.15, 0.2) is 48.7 Å². The molecule has 0 atom stereocenters. The highest BCUT2D eigenvalue weighted by atomic mass is 35.5. The molecule has 0 bridgehead atoms. The van der Waals surface area contributed by atoms with Crippen molar-refractivity contribution in [2.24, 2.45) is 0 Å². The lowest BCUT2D eigenvalue weighted by atomic mass is 10.2. The van der Waals surface area contributed by atoms with Crippen LogP contribution in [0.1, 0.15) is 11.3 Å². The molecule has 2 aromatic heterocycles. The van der Waals surface area contributed by atoms with E-state index in [1.165, 1.54) is 0 Å². The van der Waals surface area contributed by atoms with Gasteiger partial charge in [0.2, 0.25) is 5.88 Å². The van der Waals surface area contributed by atoms with Crippen molar-refractivity contribution in [1.82, 2.24) is 9.97 Å². The number of hydrogen-bond acceptors (Lipinski definition) is 3. The van der Waals surface area contributed by atoms with Gasteiger partial charge in [-0.3, -0.25) is 4.98 Å². The van der Waals surface area contributed by atoms with Gasteiger partial charge in [0.15, 0.2) is 0 Å². The standard InChI is InChI=1S/C16H13ClN2O/c1-11-12(10-17)7-8-16(19-11)20-15-6-2-5-14-13(15)4-3-9-18-14/h2-9H,10H2,1H3. The first kappa shape index (κ1) is 12.9. The van der Waals surface area contributed by atoms with Crippen LogP contribution in [0.3, 0.4) is 0 Å². The van der Waals surface area contributed by atoms with E-state index in [0.717, 1.165) is 27.9 Å². The highest BCUT2D eigenvalue weighted by Gasteiger charge is 2.06. The largest absolute Gasteiger partial charge is 0.438 e. The van der Waals surface area contributed by atoms with E-state index in [-0.39, 0.29) is 0 Å². The zero-order chi connectivity index (χ0) is 13.9. The number of alkyl halides is 1. The zero-order valence-electron chi connectivity index (χ0n) is 11.0. The van der Waals surface area contributed by atoms with Gasteiger partial charge in [-0.2, -0.15) is 0 Å². The summed E-state index contributed by atoms with van der Waals surface area (Å²) in [4.78, 5) is 8.73. The van der Waals surface area contributed by atoms with Gasteiger partial charge in [-0.15, -0.1) is 11.6 Å². The van der Waals surface area contributed by atoms with Gasteiger partial charge in [0.25, 0.3) is 0 Å². The van der Waals surface area contributed by atoms with Gasteiger partial charge in [0.05, 0.1) is 5.52 Å². The zero-order valence-corrected chi connectivity index (χ0v) is 11.8. The van der Waals surface area contributed by atoms with Gasteiger partial charge >= 0.3 is 0 Å². The lowest BCUT2D eigenvalue weighted by Gasteiger charge is -2.09. The number of aryl methyl sites for hydroxylation is 1. The molecule has 0 spiro atoms. The van der Waals surface area contributed by atoms with Crippen LogP contribution >= 0.6 is 11.6 Å². The third-order valence-electron chi connectivity index (χ3n) is 3.13. The van der Waals surface area contributed by atoms with Crippen LogP contribution in [0, 0.1) is 6.92 Å². The van der Waals surface area contributed by atoms with E-state index in [1.54, 1.807) is 6.20 Å². The van der Waals surface area contributed by atoms with Gasteiger partial charge in [-0.1, -0.05) is 12.1 Å². The third-order valence-corrected chi connectivity index (χ3v) is 3.42. The highest BCUT2D eigenvalue weighted by molar-refractivity contribution is 6.17. The molecule has 3 nitrogen and oxygen atoms in total. The molecule has 0 unspecified atom stereocenters. The molecule has 3 rings (SSSR count). The van der Waals surface area contributed by atoms with Crippen molar-refractivity contribution in [3.8, 4) is 11.6 Å². The number of pyridine rings is 2. The summed E-state index contributed by atoms with van der Waals surface area (Å²) in [6.07, 6.45) is 1.77. The highest BCUT2D eigenvalue weighted by Crippen LogP contribution is 2.28. The molecule has 0 saturated carbocycles. The van der Waals surface area contributed by atoms with Crippen LogP contribution in [-0.2, 0) is 5.88 Å². The number of nitrogens with zero attached hydrogens (tertiary/aromatic N) is 2. The summed E-state index contributed by atoms with van der Waals surface area (Å²) in [7, 11) is 0. The van der Waals surface area contributed by atoms with Crippen LogP contribution in [0.2, 0.25) is 0 Å². The molecule has 0 aliphatic rings. The van der Waals surface area contributed by atoms with Crippen molar-refractivity contribution in [3.05, 3.63) is 59.9 Å². The number of halogens is 1. The van der Waals surface area contributed by atoms with Crippen LogP contribution in [0.25, 0.3) is 10.9 Å². The average Bonchev–Trinajstić information content (AvgIpc) is 2.48. The van der Waals surface area contributed by atoms with Crippen LogP contribution < -0.4 is 4.74 Å². The Bertz CT molecular complexity index is 753. The SMILES string of the molecule is Cc1nc(Oc2cccc3ncccc23)ccc1CCl. The second-order valence-electron chi connectivity index (χ2n) is 4.46. The molecule has 3 aromatic rings. The second kappa shape index (κ2) is 5.47. The number of fused-ring (bicyclic) bond motifs is 1. The van der Waals surface area contributed by atoms with E-state index in [2.05, 4.69) is 9.97 Å². The van der Waals surface area contributed by atoms with E-state index in [0.29, 0.717) is 11.8 Å². The molecular formula is C16H13ClN2O. The van der Waals surface area contributed by atoms with Crippen molar-refractivity contribution >= 4 is 22.5 Å². The summed E-state index contributed by atoms with van der Waals surface area (Å²) in [6.45, 7) is 1.93. The summed E-state index contributed by atoms with van der Waals surface area (Å²) >= 11 is 5.83. The Morgan fingerprint density at radius 2 is 2.00 bits per heavy atom. The minimum absolute atomic E-state index is 0.456. The van der Waals surface area contributed by atoms with Gasteiger partial charge < -0.3 is 4.74 Å². The molecule has 1 aromatic carbocycles. The van der Waals surface area contributed by atoms with Crippen molar-refractivity contribution < 1.29 is 4.74 Å². The van der Waals surface area contributed by atoms with Crippen LogP contribution in [0.4, 0.5) is 0 Å². The summed E-state index contributed by atoms with van der Waals surface area (Å²) in [5.41, 5.74) is 2.80. The number of rotatable bonds is 3. The molecule has 0 saturated heterocycles. The Labute approximate surface area is 122 Å². The van der Waals surface area contributed by atoms with E-state index >= 15 is 0 Å². The van der Waals surface area contributed by atoms with Crippen molar-refractivity contribution in [2.45, 2.75) is 12.8 Å². The fraction of sp³-hybridized carbons (Fsp3) is 0.125. The van der Waals surface area contributed by atoms with E-state index in [4.69, 9.17) is 16.3 Å². The fourth-order valence-electron chi connectivity index (χ4n) is 2.04. The topological polar surface area (TPSA) is 35.0 Å². The summed E-state index contributed by atoms with van der Waals surface area (Å²) < 4.78 is 5.88. The lowest BCUT2D eigenvalue weighted by Crippen LogP contribution is -1.94. The first-order valence-corrected chi connectivity index (χ1v) is 6.85. The molecule has 0 N–H and O–H groups in total. The Kier molecular flexibility index (Phi) is 3.52. The predicted octanol–water partition coefficient (Wildman–Crippen LogP) is 4.47. The molecule has 0 aliphatic heterocycles. The number of ether oxygens (including phenoxy) is 1. The number of aromatic nitrogens is 2. The Balaban J connectivity index is 1.99. The number of hydrogen-bond donors (Lipinski definition) is 0. The normalized spacial score (nSPS) is 10.7. The monoisotopic (exact) mass is 284 g/mol. The predicted molar refractivity (Wildman–Crippen MR) is 80.3 cm³/mol. The molecule has 20 heavy (non-hydrogen) atoms. The molecule has 0 fully saturated rings. The lowest BCUT2D eigenvalue weighted by molar-refractivity contribution is 0.466. The van der Waals surface area contributed by atoms with Crippen molar-refractivity contribution in [3.63, 3.8) is 0 Å².